The Morgan fingerprint density at radius 2 is 1.97 bits per heavy atom. The smallest absolute Gasteiger partial charge is 0.343 e. The van der Waals surface area contributed by atoms with Gasteiger partial charge in [0.05, 0.1) is 11.7 Å². The van der Waals surface area contributed by atoms with Crippen LogP contribution >= 0.6 is 11.3 Å². The molecule has 0 bridgehead atoms. The fraction of sp³-hybridized carbons (Fsp3) is 0.391. The minimum absolute atomic E-state index is 0.00162. The van der Waals surface area contributed by atoms with Crippen molar-refractivity contribution in [3.8, 4) is 0 Å². The Hall–Kier alpha value is -3.21. The molecule has 0 unspecified atom stereocenters. The van der Waals surface area contributed by atoms with Crippen LogP contribution in [0.3, 0.4) is 0 Å². The molecule has 34 heavy (non-hydrogen) atoms. The van der Waals surface area contributed by atoms with Crippen molar-refractivity contribution >= 4 is 39.1 Å². The van der Waals surface area contributed by atoms with E-state index in [1.54, 1.807) is 29.6 Å². The summed E-state index contributed by atoms with van der Waals surface area (Å²) in [6.07, 6.45) is 0.907. The van der Waals surface area contributed by atoms with Gasteiger partial charge in [0.2, 0.25) is 5.91 Å². The minimum atomic E-state index is -4.52. The third kappa shape index (κ3) is 5.30. The first kappa shape index (κ1) is 23.9. The number of halogens is 3. The Morgan fingerprint density at radius 1 is 1.21 bits per heavy atom. The number of anilines is 1. The average molecular weight is 493 g/mol. The maximum Gasteiger partial charge on any atom is 0.405 e. The Morgan fingerprint density at radius 3 is 2.74 bits per heavy atom. The number of nitrogens with one attached hydrogen (secondary N) is 2. The summed E-state index contributed by atoms with van der Waals surface area (Å²) in [5.74, 6) is -1.28. The quantitative estimate of drug-likeness (QED) is 0.545. The fourth-order valence-electron chi connectivity index (χ4n) is 3.96. The molecule has 0 atom stereocenters. The number of amides is 2. The van der Waals surface area contributed by atoms with Gasteiger partial charge in [-0.1, -0.05) is 6.07 Å². The topological polar surface area (TPSA) is 93.1 Å². The molecular formula is C23H23F3N4O3S. The number of aromatic nitrogens is 2. The molecule has 3 aromatic rings. The number of benzene rings is 1. The monoisotopic (exact) mass is 492 g/mol. The van der Waals surface area contributed by atoms with Crippen LogP contribution in [0.25, 0.3) is 10.2 Å². The van der Waals surface area contributed by atoms with Crippen molar-refractivity contribution in [1.82, 2.24) is 14.9 Å². The largest absolute Gasteiger partial charge is 0.405 e. The van der Waals surface area contributed by atoms with Crippen LogP contribution in [-0.2, 0) is 24.2 Å². The van der Waals surface area contributed by atoms with E-state index in [-0.39, 0.29) is 24.1 Å². The second-order valence-electron chi connectivity index (χ2n) is 8.26. The highest BCUT2D eigenvalue weighted by molar-refractivity contribution is 7.18. The molecule has 1 aromatic carbocycles. The minimum Gasteiger partial charge on any atom is -0.343 e. The first-order valence-corrected chi connectivity index (χ1v) is 11.7. The number of rotatable bonds is 6. The molecule has 1 aliphatic carbocycles. The zero-order valence-electron chi connectivity index (χ0n) is 18.4. The van der Waals surface area contributed by atoms with E-state index in [1.807, 2.05) is 0 Å². The van der Waals surface area contributed by atoms with Crippen molar-refractivity contribution < 1.29 is 22.8 Å². The number of carbonyl (C=O) groups is 2. The van der Waals surface area contributed by atoms with Crippen molar-refractivity contribution in [2.24, 2.45) is 0 Å². The molecular weight excluding hydrogens is 469 g/mol. The van der Waals surface area contributed by atoms with Gasteiger partial charge in [-0.2, -0.15) is 13.2 Å². The molecule has 2 heterocycles. The van der Waals surface area contributed by atoms with E-state index >= 15 is 0 Å². The van der Waals surface area contributed by atoms with E-state index in [1.165, 1.54) is 27.9 Å². The average Bonchev–Trinajstić information content (AvgIpc) is 3.17. The number of alkyl halides is 3. The third-order valence-corrected chi connectivity index (χ3v) is 6.94. The van der Waals surface area contributed by atoms with Crippen LogP contribution < -0.4 is 16.2 Å². The molecule has 0 saturated heterocycles. The number of nitrogens with zero attached hydrogens (tertiary/aromatic N) is 2. The standard InChI is InChI=1S/C23H23F3N4O3S/c1-13-6-7-14(20(32)27-11-23(24,25)26)10-16(13)29-18(31)8-9-30-12-28-21-19(22(30)33)15-4-2-3-5-17(15)34-21/h6-7,10,12H,2-5,8-9,11H2,1H3,(H,27,32)(H,29,31). The molecule has 1 aliphatic rings. The number of aryl methyl sites for hydroxylation is 4. The summed E-state index contributed by atoms with van der Waals surface area (Å²) in [7, 11) is 0. The summed E-state index contributed by atoms with van der Waals surface area (Å²) >= 11 is 1.56. The number of fused-ring (bicyclic) bond motifs is 3. The Balaban J connectivity index is 1.43. The summed E-state index contributed by atoms with van der Waals surface area (Å²) in [4.78, 5) is 43.9. The summed E-state index contributed by atoms with van der Waals surface area (Å²) in [5.41, 5.74) is 1.89. The van der Waals surface area contributed by atoms with Gasteiger partial charge in [-0.05, 0) is 55.9 Å². The van der Waals surface area contributed by atoms with Crippen molar-refractivity contribution in [1.29, 1.82) is 0 Å². The van der Waals surface area contributed by atoms with Gasteiger partial charge in [-0.3, -0.25) is 19.0 Å². The van der Waals surface area contributed by atoms with E-state index in [0.29, 0.717) is 16.6 Å². The Kier molecular flexibility index (Phi) is 6.74. The molecule has 4 rings (SSSR count). The van der Waals surface area contributed by atoms with Crippen LogP contribution in [-0.4, -0.2) is 34.1 Å². The molecule has 0 aliphatic heterocycles. The van der Waals surface area contributed by atoms with Crippen LogP contribution in [0.2, 0.25) is 0 Å². The van der Waals surface area contributed by atoms with Crippen LogP contribution in [0.5, 0.6) is 0 Å². The van der Waals surface area contributed by atoms with Crippen molar-refractivity contribution in [3.63, 3.8) is 0 Å². The lowest BCUT2D eigenvalue weighted by atomic mass is 9.97. The van der Waals surface area contributed by atoms with Gasteiger partial charge in [0.1, 0.15) is 11.4 Å². The molecule has 2 amide bonds. The number of thiophene rings is 1. The summed E-state index contributed by atoms with van der Waals surface area (Å²) in [5, 5.41) is 5.13. The Labute approximate surface area is 197 Å². The van der Waals surface area contributed by atoms with Crippen LogP contribution in [0, 0.1) is 6.92 Å². The van der Waals surface area contributed by atoms with E-state index in [0.717, 1.165) is 36.1 Å². The lowest BCUT2D eigenvalue weighted by Crippen LogP contribution is -2.33. The van der Waals surface area contributed by atoms with Gasteiger partial charge in [0.25, 0.3) is 11.5 Å². The Bertz CT molecular complexity index is 1310. The molecule has 180 valence electrons. The predicted molar refractivity (Wildman–Crippen MR) is 123 cm³/mol. The van der Waals surface area contributed by atoms with Crippen molar-refractivity contribution in [2.75, 3.05) is 11.9 Å². The van der Waals surface area contributed by atoms with E-state index in [4.69, 9.17) is 0 Å². The zero-order chi connectivity index (χ0) is 24.5. The number of hydrogen-bond donors (Lipinski definition) is 2. The highest BCUT2D eigenvalue weighted by atomic mass is 32.1. The van der Waals surface area contributed by atoms with Crippen LogP contribution in [0.15, 0.2) is 29.3 Å². The van der Waals surface area contributed by atoms with E-state index < -0.39 is 24.5 Å². The highest BCUT2D eigenvalue weighted by Crippen LogP contribution is 2.33. The predicted octanol–water partition coefficient (Wildman–Crippen LogP) is 3.97. The third-order valence-electron chi connectivity index (χ3n) is 5.74. The molecule has 0 radical (unpaired) electrons. The number of hydrogen-bond acceptors (Lipinski definition) is 5. The van der Waals surface area contributed by atoms with Gasteiger partial charge in [0.15, 0.2) is 0 Å². The van der Waals surface area contributed by atoms with Gasteiger partial charge in [-0.25, -0.2) is 4.98 Å². The lowest BCUT2D eigenvalue weighted by molar-refractivity contribution is -0.123. The summed E-state index contributed by atoms with van der Waals surface area (Å²) in [6.45, 7) is 0.389. The maximum atomic E-state index is 13.0. The van der Waals surface area contributed by atoms with Gasteiger partial charge < -0.3 is 10.6 Å². The first-order chi connectivity index (χ1) is 16.1. The molecule has 11 heteroatoms. The SMILES string of the molecule is Cc1ccc(C(=O)NCC(F)(F)F)cc1NC(=O)CCn1cnc2sc3c(c2c1=O)CCCC3. The van der Waals surface area contributed by atoms with Crippen molar-refractivity contribution in [3.05, 3.63) is 56.4 Å². The lowest BCUT2D eigenvalue weighted by Gasteiger charge is -2.12. The van der Waals surface area contributed by atoms with Crippen molar-refractivity contribution in [2.45, 2.75) is 51.7 Å². The van der Waals surface area contributed by atoms with Gasteiger partial charge in [0, 0.05) is 29.1 Å². The molecule has 0 saturated carbocycles. The fourth-order valence-corrected chi connectivity index (χ4v) is 5.18. The molecule has 2 N–H and O–H groups in total. The normalized spacial score (nSPS) is 13.5. The zero-order valence-corrected chi connectivity index (χ0v) is 19.2. The van der Waals surface area contributed by atoms with E-state index in [2.05, 4.69) is 10.3 Å². The highest BCUT2D eigenvalue weighted by Gasteiger charge is 2.28. The second kappa shape index (κ2) is 9.57. The van der Waals surface area contributed by atoms with E-state index in [9.17, 15) is 27.6 Å². The molecule has 2 aromatic heterocycles. The second-order valence-corrected chi connectivity index (χ2v) is 9.34. The summed E-state index contributed by atoms with van der Waals surface area (Å²) < 4.78 is 38.5. The van der Waals surface area contributed by atoms with Crippen LogP contribution in [0.4, 0.5) is 18.9 Å². The summed E-state index contributed by atoms with van der Waals surface area (Å²) in [6, 6.07) is 4.26. The van der Waals surface area contributed by atoms with Gasteiger partial charge in [-0.15, -0.1) is 11.3 Å². The van der Waals surface area contributed by atoms with Crippen LogP contribution in [0.1, 0.15) is 45.6 Å². The molecule has 7 nitrogen and oxygen atoms in total. The molecule has 0 fully saturated rings. The molecule has 0 spiro atoms. The first-order valence-electron chi connectivity index (χ1n) is 10.9. The number of carbonyl (C=O) groups excluding carboxylic acids is 2. The maximum absolute atomic E-state index is 13.0. The van der Waals surface area contributed by atoms with Gasteiger partial charge >= 0.3 is 6.18 Å².